The van der Waals surface area contributed by atoms with Crippen molar-refractivity contribution in [2.75, 3.05) is 27.4 Å². The molecule has 2 aromatic carbocycles. The SMILES string of the molecule is COc1cc(OC)cc(OCCNC(=O)NCc2ccc(C(=O)O)cc2)c1. The summed E-state index contributed by atoms with van der Waals surface area (Å²) < 4.78 is 15.9. The maximum Gasteiger partial charge on any atom is 0.335 e. The minimum atomic E-state index is -0.985. The number of benzene rings is 2. The van der Waals surface area contributed by atoms with E-state index in [0.29, 0.717) is 30.3 Å². The molecule has 0 saturated carbocycles. The quantitative estimate of drug-likeness (QED) is 0.582. The second-order valence-electron chi connectivity index (χ2n) is 5.51. The van der Waals surface area contributed by atoms with Crippen LogP contribution in [0.1, 0.15) is 15.9 Å². The fraction of sp³-hybridized carbons (Fsp3) is 0.263. The van der Waals surface area contributed by atoms with E-state index in [2.05, 4.69) is 10.6 Å². The van der Waals surface area contributed by atoms with Gasteiger partial charge in [-0.1, -0.05) is 12.1 Å². The molecule has 8 nitrogen and oxygen atoms in total. The zero-order chi connectivity index (χ0) is 19.6. The van der Waals surface area contributed by atoms with Crippen LogP contribution in [0.5, 0.6) is 17.2 Å². The summed E-state index contributed by atoms with van der Waals surface area (Å²) in [5, 5.41) is 14.2. The van der Waals surface area contributed by atoms with Crippen molar-refractivity contribution in [2.45, 2.75) is 6.54 Å². The molecule has 0 aromatic heterocycles. The third-order valence-electron chi connectivity index (χ3n) is 3.64. The summed E-state index contributed by atoms with van der Waals surface area (Å²) in [7, 11) is 3.11. The average Bonchev–Trinajstić information content (AvgIpc) is 2.69. The monoisotopic (exact) mass is 374 g/mol. The number of hydrogen-bond donors (Lipinski definition) is 3. The lowest BCUT2D eigenvalue weighted by Crippen LogP contribution is -2.37. The first-order valence-corrected chi connectivity index (χ1v) is 8.21. The predicted molar refractivity (Wildman–Crippen MR) is 98.7 cm³/mol. The molecule has 0 heterocycles. The van der Waals surface area contributed by atoms with Gasteiger partial charge >= 0.3 is 12.0 Å². The van der Waals surface area contributed by atoms with E-state index < -0.39 is 5.97 Å². The minimum absolute atomic E-state index is 0.203. The van der Waals surface area contributed by atoms with Crippen LogP contribution >= 0.6 is 0 Å². The fourth-order valence-corrected chi connectivity index (χ4v) is 2.21. The summed E-state index contributed by atoms with van der Waals surface area (Å²) in [5.41, 5.74) is 1.00. The molecular formula is C19H22N2O6. The smallest absolute Gasteiger partial charge is 0.335 e. The number of hydrogen-bond acceptors (Lipinski definition) is 5. The molecule has 0 spiro atoms. The van der Waals surface area contributed by atoms with E-state index in [1.807, 2.05) is 0 Å². The first-order chi connectivity index (χ1) is 13.0. The third kappa shape index (κ3) is 6.43. The molecule has 0 saturated heterocycles. The average molecular weight is 374 g/mol. The van der Waals surface area contributed by atoms with Gasteiger partial charge in [-0.2, -0.15) is 0 Å². The van der Waals surface area contributed by atoms with E-state index in [0.717, 1.165) is 5.56 Å². The number of carboxylic acids is 1. The van der Waals surface area contributed by atoms with Crippen LogP contribution in [0, 0.1) is 0 Å². The van der Waals surface area contributed by atoms with Crippen molar-refractivity contribution < 1.29 is 28.9 Å². The van der Waals surface area contributed by atoms with Crippen LogP contribution in [-0.2, 0) is 6.54 Å². The van der Waals surface area contributed by atoms with Gasteiger partial charge in [-0.25, -0.2) is 9.59 Å². The molecule has 3 N–H and O–H groups in total. The highest BCUT2D eigenvalue weighted by Gasteiger charge is 2.05. The molecule has 2 aromatic rings. The van der Waals surface area contributed by atoms with Crippen LogP contribution in [0.2, 0.25) is 0 Å². The Labute approximate surface area is 157 Å². The first kappa shape index (κ1) is 19.9. The molecular weight excluding hydrogens is 352 g/mol. The number of rotatable bonds is 9. The Morgan fingerprint density at radius 3 is 2.07 bits per heavy atom. The van der Waals surface area contributed by atoms with Crippen LogP contribution in [0.25, 0.3) is 0 Å². The Morgan fingerprint density at radius 1 is 0.926 bits per heavy atom. The highest BCUT2D eigenvalue weighted by atomic mass is 16.5. The molecule has 2 rings (SSSR count). The zero-order valence-corrected chi connectivity index (χ0v) is 15.2. The number of aromatic carboxylic acids is 1. The van der Waals surface area contributed by atoms with E-state index in [-0.39, 0.29) is 18.2 Å². The largest absolute Gasteiger partial charge is 0.496 e. The van der Waals surface area contributed by atoms with Gasteiger partial charge in [-0.15, -0.1) is 0 Å². The minimum Gasteiger partial charge on any atom is -0.496 e. The summed E-state index contributed by atoms with van der Waals surface area (Å²) in [6.45, 7) is 0.875. The fourth-order valence-electron chi connectivity index (χ4n) is 2.21. The zero-order valence-electron chi connectivity index (χ0n) is 15.2. The van der Waals surface area contributed by atoms with Crippen LogP contribution in [0.4, 0.5) is 4.79 Å². The van der Waals surface area contributed by atoms with Crippen LogP contribution in [0.15, 0.2) is 42.5 Å². The third-order valence-corrected chi connectivity index (χ3v) is 3.64. The second kappa shape index (κ2) is 9.91. The van der Waals surface area contributed by atoms with Crippen molar-refractivity contribution in [3.8, 4) is 17.2 Å². The van der Waals surface area contributed by atoms with E-state index in [4.69, 9.17) is 19.3 Å². The van der Waals surface area contributed by atoms with Gasteiger partial charge in [0.1, 0.15) is 23.9 Å². The number of methoxy groups -OCH3 is 2. The van der Waals surface area contributed by atoms with E-state index in [9.17, 15) is 9.59 Å². The molecule has 0 atom stereocenters. The van der Waals surface area contributed by atoms with Crippen molar-refractivity contribution in [3.63, 3.8) is 0 Å². The van der Waals surface area contributed by atoms with Crippen molar-refractivity contribution >= 4 is 12.0 Å². The Kier molecular flexibility index (Phi) is 7.30. The molecule has 0 bridgehead atoms. The van der Waals surface area contributed by atoms with Gasteiger partial charge in [-0.3, -0.25) is 0 Å². The predicted octanol–water partition coefficient (Wildman–Crippen LogP) is 2.28. The lowest BCUT2D eigenvalue weighted by atomic mass is 10.1. The van der Waals surface area contributed by atoms with Gasteiger partial charge in [-0.05, 0) is 17.7 Å². The number of carbonyl (C=O) groups excluding carboxylic acids is 1. The van der Waals surface area contributed by atoms with Gasteiger partial charge in [0.15, 0.2) is 0 Å². The first-order valence-electron chi connectivity index (χ1n) is 8.21. The maximum absolute atomic E-state index is 11.8. The van der Waals surface area contributed by atoms with Gasteiger partial charge < -0.3 is 30.0 Å². The summed E-state index contributed by atoms with van der Waals surface area (Å²) in [4.78, 5) is 22.6. The number of urea groups is 1. The van der Waals surface area contributed by atoms with Gasteiger partial charge in [0.25, 0.3) is 0 Å². The maximum atomic E-state index is 11.8. The van der Waals surface area contributed by atoms with Gasteiger partial charge in [0, 0.05) is 24.7 Å². The highest BCUT2D eigenvalue weighted by Crippen LogP contribution is 2.27. The highest BCUT2D eigenvalue weighted by molar-refractivity contribution is 5.87. The Bertz CT molecular complexity index is 754. The van der Waals surface area contributed by atoms with Crippen LogP contribution in [0.3, 0.4) is 0 Å². The molecule has 144 valence electrons. The normalized spacial score (nSPS) is 10.0. The Morgan fingerprint density at radius 2 is 1.52 bits per heavy atom. The molecule has 0 unspecified atom stereocenters. The number of ether oxygens (including phenoxy) is 3. The van der Waals surface area contributed by atoms with E-state index in [1.54, 1.807) is 44.6 Å². The van der Waals surface area contributed by atoms with E-state index >= 15 is 0 Å². The van der Waals surface area contributed by atoms with Crippen molar-refractivity contribution in [3.05, 3.63) is 53.6 Å². The Balaban J connectivity index is 1.71. The Hall–Kier alpha value is -3.42. The summed E-state index contributed by atoms with van der Waals surface area (Å²) in [5.74, 6) is 0.820. The molecule has 8 heteroatoms. The lowest BCUT2D eigenvalue weighted by Gasteiger charge is -2.11. The number of carbonyl (C=O) groups is 2. The molecule has 0 radical (unpaired) electrons. The summed E-state index contributed by atoms with van der Waals surface area (Å²) in [6, 6.07) is 11.1. The molecule has 0 aliphatic rings. The van der Waals surface area contributed by atoms with Crippen molar-refractivity contribution in [1.82, 2.24) is 10.6 Å². The number of nitrogens with one attached hydrogen (secondary N) is 2. The topological polar surface area (TPSA) is 106 Å². The second-order valence-corrected chi connectivity index (χ2v) is 5.51. The molecule has 0 aliphatic carbocycles. The lowest BCUT2D eigenvalue weighted by molar-refractivity contribution is 0.0697. The molecule has 0 aliphatic heterocycles. The van der Waals surface area contributed by atoms with Gasteiger partial charge in [0.05, 0.1) is 26.3 Å². The van der Waals surface area contributed by atoms with Crippen molar-refractivity contribution in [2.24, 2.45) is 0 Å². The summed E-state index contributed by atoms with van der Waals surface area (Å²) >= 11 is 0. The molecule has 2 amide bonds. The molecule has 27 heavy (non-hydrogen) atoms. The van der Waals surface area contributed by atoms with Crippen LogP contribution < -0.4 is 24.8 Å². The number of carboxylic acid groups (broad SMARTS) is 1. The van der Waals surface area contributed by atoms with Gasteiger partial charge in [0.2, 0.25) is 0 Å². The summed E-state index contributed by atoms with van der Waals surface area (Å²) in [6.07, 6.45) is 0. The standard InChI is InChI=1S/C19H22N2O6/c1-25-15-9-16(26-2)11-17(10-15)27-8-7-20-19(24)21-12-13-3-5-14(6-4-13)18(22)23/h3-6,9-11H,7-8,12H2,1-2H3,(H,22,23)(H2,20,21,24). The van der Waals surface area contributed by atoms with E-state index in [1.165, 1.54) is 12.1 Å². The number of amides is 2. The van der Waals surface area contributed by atoms with Crippen LogP contribution in [-0.4, -0.2) is 44.5 Å². The molecule has 0 fully saturated rings. The van der Waals surface area contributed by atoms with Crippen molar-refractivity contribution in [1.29, 1.82) is 0 Å².